The maximum absolute atomic E-state index is 12.4. The molecule has 1 fully saturated rings. The first-order valence-electron chi connectivity index (χ1n) is 8.46. The van der Waals surface area contributed by atoms with Crippen molar-refractivity contribution in [1.82, 2.24) is 35.0 Å². The van der Waals surface area contributed by atoms with Crippen LogP contribution < -0.4 is 10.9 Å². The molecule has 1 aliphatic rings. The van der Waals surface area contributed by atoms with Crippen LogP contribution in [0.5, 0.6) is 0 Å². The fraction of sp³-hybridized carbons (Fsp3) is 0.294. The van der Waals surface area contributed by atoms with Crippen molar-refractivity contribution >= 4 is 16.6 Å². The van der Waals surface area contributed by atoms with Crippen molar-refractivity contribution in [3.05, 3.63) is 46.6 Å². The van der Waals surface area contributed by atoms with Gasteiger partial charge in [0.1, 0.15) is 11.2 Å². The minimum Gasteiger partial charge on any atom is -0.334 e. The second kappa shape index (κ2) is 5.75. The zero-order chi connectivity index (χ0) is 17.7. The summed E-state index contributed by atoms with van der Waals surface area (Å²) < 4.78 is 7.16. The van der Waals surface area contributed by atoms with Crippen LogP contribution in [0.3, 0.4) is 0 Å². The summed E-state index contributed by atoms with van der Waals surface area (Å²) in [5.74, 6) is 0.970. The molecule has 0 spiro atoms. The Bertz CT molecular complexity index is 1160. The number of rotatable bonds is 2. The van der Waals surface area contributed by atoms with Crippen molar-refractivity contribution in [3.63, 3.8) is 0 Å². The molecule has 9 heteroatoms. The summed E-state index contributed by atoms with van der Waals surface area (Å²) in [5.41, 5.74) is 1.70. The molecule has 1 atom stereocenters. The summed E-state index contributed by atoms with van der Waals surface area (Å²) in [6.45, 7) is 2.64. The smallest absolute Gasteiger partial charge is 0.263 e. The fourth-order valence-electron chi connectivity index (χ4n) is 3.41. The van der Waals surface area contributed by atoms with Crippen molar-refractivity contribution in [2.24, 2.45) is 0 Å². The molecule has 4 aromatic rings. The van der Waals surface area contributed by atoms with Gasteiger partial charge in [-0.1, -0.05) is 17.3 Å². The van der Waals surface area contributed by atoms with E-state index in [4.69, 9.17) is 4.52 Å². The van der Waals surface area contributed by atoms with Gasteiger partial charge in [0.15, 0.2) is 5.82 Å². The van der Waals surface area contributed by atoms with E-state index in [9.17, 15) is 4.79 Å². The van der Waals surface area contributed by atoms with Crippen molar-refractivity contribution in [3.8, 4) is 11.5 Å². The van der Waals surface area contributed by atoms with Crippen LogP contribution >= 0.6 is 0 Å². The monoisotopic (exact) mass is 351 g/mol. The average molecular weight is 351 g/mol. The Balaban J connectivity index is 1.63. The number of piperazine rings is 1. The molecule has 1 aromatic carbocycles. The molecule has 0 bridgehead atoms. The van der Waals surface area contributed by atoms with E-state index >= 15 is 0 Å². The molecule has 1 unspecified atom stereocenters. The van der Waals surface area contributed by atoms with Gasteiger partial charge in [-0.2, -0.15) is 10.1 Å². The van der Waals surface area contributed by atoms with Gasteiger partial charge in [-0.3, -0.25) is 9.69 Å². The molecule has 132 valence electrons. The SMILES string of the molecule is CN1CCNCC1c1noc(-c2cnn3c2[nH]c(=O)c2ccccc23)n1. The highest BCUT2D eigenvalue weighted by molar-refractivity contribution is 5.83. The highest BCUT2D eigenvalue weighted by Gasteiger charge is 2.26. The fourth-order valence-corrected chi connectivity index (χ4v) is 3.41. The number of hydrogen-bond acceptors (Lipinski definition) is 7. The lowest BCUT2D eigenvalue weighted by Gasteiger charge is -2.30. The Morgan fingerprint density at radius 1 is 1.31 bits per heavy atom. The van der Waals surface area contributed by atoms with Crippen LogP contribution in [0.4, 0.5) is 0 Å². The van der Waals surface area contributed by atoms with Crippen molar-refractivity contribution in [2.45, 2.75) is 6.04 Å². The van der Waals surface area contributed by atoms with E-state index in [1.807, 2.05) is 25.2 Å². The molecule has 5 rings (SSSR count). The van der Waals surface area contributed by atoms with Gasteiger partial charge < -0.3 is 14.8 Å². The molecule has 3 aromatic heterocycles. The van der Waals surface area contributed by atoms with Crippen LogP contribution in [0.15, 0.2) is 39.8 Å². The topological polar surface area (TPSA) is 104 Å². The molecule has 2 N–H and O–H groups in total. The lowest BCUT2D eigenvalue weighted by molar-refractivity contribution is 0.190. The summed E-state index contributed by atoms with van der Waals surface area (Å²) in [6.07, 6.45) is 1.64. The molecule has 0 radical (unpaired) electrons. The Labute approximate surface area is 147 Å². The molecule has 0 aliphatic carbocycles. The Hall–Kier alpha value is -3.04. The first kappa shape index (κ1) is 15.2. The Kier molecular flexibility index (Phi) is 3.37. The van der Waals surface area contributed by atoms with E-state index in [0.29, 0.717) is 28.3 Å². The highest BCUT2D eigenvalue weighted by atomic mass is 16.5. The summed E-state index contributed by atoms with van der Waals surface area (Å²) in [4.78, 5) is 22.0. The summed E-state index contributed by atoms with van der Waals surface area (Å²) in [7, 11) is 2.04. The quantitative estimate of drug-likeness (QED) is 0.550. The molecular formula is C17H17N7O2. The summed E-state index contributed by atoms with van der Waals surface area (Å²) in [6, 6.07) is 7.39. The number of fused-ring (bicyclic) bond motifs is 3. The van der Waals surface area contributed by atoms with E-state index in [-0.39, 0.29) is 11.6 Å². The van der Waals surface area contributed by atoms with Crippen LogP contribution in [-0.4, -0.2) is 56.3 Å². The van der Waals surface area contributed by atoms with Crippen LogP contribution in [0.1, 0.15) is 11.9 Å². The first-order valence-corrected chi connectivity index (χ1v) is 8.46. The number of benzene rings is 1. The van der Waals surface area contributed by atoms with Crippen LogP contribution in [0.2, 0.25) is 0 Å². The molecule has 1 saturated heterocycles. The highest BCUT2D eigenvalue weighted by Crippen LogP contribution is 2.25. The molecule has 1 aliphatic heterocycles. The van der Waals surface area contributed by atoms with E-state index in [1.54, 1.807) is 16.8 Å². The lowest BCUT2D eigenvalue weighted by Crippen LogP contribution is -2.44. The molecule has 0 amide bonds. The zero-order valence-electron chi connectivity index (χ0n) is 14.1. The van der Waals surface area contributed by atoms with E-state index in [0.717, 1.165) is 25.2 Å². The maximum atomic E-state index is 12.4. The lowest BCUT2D eigenvalue weighted by atomic mass is 10.2. The van der Waals surface area contributed by atoms with Crippen molar-refractivity contribution < 1.29 is 4.52 Å². The minimum atomic E-state index is -0.175. The summed E-state index contributed by atoms with van der Waals surface area (Å²) in [5, 5.41) is 12.5. The first-order chi connectivity index (χ1) is 12.7. The van der Waals surface area contributed by atoms with Gasteiger partial charge >= 0.3 is 0 Å². The number of likely N-dealkylation sites (N-methyl/N-ethyl adjacent to an activating group) is 1. The predicted molar refractivity (Wildman–Crippen MR) is 94.9 cm³/mol. The van der Waals surface area contributed by atoms with Crippen LogP contribution in [0.25, 0.3) is 28.0 Å². The Morgan fingerprint density at radius 3 is 3.08 bits per heavy atom. The molecule has 0 saturated carbocycles. The largest absolute Gasteiger partial charge is 0.334 e. The second-order valence-electron chi connectivity index (χ2n) is 6.45. The third-order valence-electron chi connectivity index (χ3n) is 4.86. The third kappa shape index (κ3) is 2.25. The zero-order valence-corrected chi connectivity index (χ0v) is 14.1. The van der Waals surface area contributed by atoms with Crippen molar-refractivity contribution in [1.29, 1.82) is 0 Å². The molecule has 4 heterocycles. The normalized spacial score (nSPS) is 18.7. The number of para-hydroxylation sites is 1. The van der Waals surface area contributed by atoms with Gasteiger partial charge in [0.05, 0.1) is 23.1 Å². The predicted octanol–water partition coefficient (Wildman–Crippen LogP) is 0.802. The van der Waals surface area contributed by atoms with E-state index in [2.05, 4.69) is 30.4 Å². The number of aromatic amines is 1. The van der Waals surface area contributed by atoms with Gasteiger partial charge in [-0.25, -0.2) is 4.52 Å². The van der Waals surface area contributed by atoms with Gasteiger partial charge in [-0.05, 0) is 19.2 Å². The van der Waals surface area contributed by atoms with Gasteiger partial charge in [0, 0.05) is 19.6 Å². The third-order valence-corrected chi connectivity index (χ3v) is 4.86. The number of H-pyrrole nitrogens is 1. The number of aromatic nitrogens is 5. The number of nitrogens with one attached hydrogen (secondary N) is 2. The standard InChI is InChI=1S/C17H17N7O2/c1-23-7-6-18-9-13(23)14-20-17(26-22-14)11-8-19-24-12-5-3-2-4-10(12)16(25)21-15(11)24/h2-5,8,13,18H,6-7,9H2,1H3,(H,21,25). The minimum absolute atomic E-state index is 0.0583. The van der Waals surface area contributed by atoms with Gasteiger partial charge in [0.2, 0.25) is 0 Å². The van der Waals surface area contributed by atoms with E-state index < -0.39 is 0 Å². The van der Waals surface area contributed by atoms with Crippen LogP contribution in [0, 0.1) is 0 Å². The van der Waals surface area contributed by atoms with Crippen LogP contribution in [-0.2, 0) is 0 Å². The average Bonchev–Trinajstić information content (AvgIpc) is 3.29. The number of hydrogen-bond donors (Lipinski definition) is 2. The summed E-state index contributed by atoms with van der Waals surface area (Å²) >= 11 is 0. The second-order valence-corrected chi connectivity index (χ2v) is 6.45. The van der Waals surface area contributed by atoms with E-state index in [1.165, 1.54) is 0 Å². The molecule has 26 heavy (non-hydrogen) atoms. The van der Waals surface area contributed by atoms with Gasteiger partial charge in [0.25, 0.3) is 11.4 Å². The molecular weight excluding hydrogens is 334 g/mol. The maximum Gasteiger partial charge on any atom is 0.263 e. The van der Waals surface area contributed by atoms with Gasteiger partial charge in [-0.15, -0.1) is 0 Å². The molecule has 9 nitrogen and oxygen atoms in total. The van der Waals surface area contributed by atoms with Crippen molar-refractivity contribution in [2.75, 3.05) is 26.7 Å². The Morgan fingerprint density at radius 2 is 2.19 bits per heavy atom. The number of nitrogens with zero attached hydrogens (tertiary/aromatic N) is 5.